The molecule has 1 saturated carbocycles. The van der Waals surface area contributed by atoms with Crippen LogP contribution in [0, 0.1) is 10.8 Å². The zero-order chi connectivity index (χ0) is 22.0. The number of carbonyl (C=O) groups excluding carboxylic acids is 2. The standard InChI is InChI=1S/C12H22O2.C10H18F2O2.4CH4/c1-4-12(2,3)11(13)14-10-8-6-5-7-9-10;1-5-9(2,3)8(13)14-7-6-10(4,11)12;;;;/h10H,4-9H2,1-3H3;5-7H2,1-4H3;4*1H4. The highest BCUT2D eigenvalue weighted by molar-refractivity contribution is 5.76. The molecule has 0 amide bonds. The van der Waals surface area contributed by atoms with Crippen molar-refractivity contribution in [2.45, 2.75) is 142 Å². The van der Waals surface area contributed by atoms with Gasteiger partial charge in [-0.3, -0.25) is 9.59 Å². The van der Waals surface area contributed by atoms with Crippen LogP contribution in [0.25, 0.3) is 0 Å². The number of carbonyl (C=O) groups is 2. The highest BCUT2D eigenvalue weighted by Gasteiger charge is 2.30. The van der Waals surface area contributed by atoms with Crippen LogP contribution in [0.3, 0.4) is 0 Å². The molecular formula is C26H56F2O4. The molecule has 0 N–H and O–H groups in total. The van der Waals surface area contributed by atoms with Gasteiger partial charge in [-0.05, 0) is 73.1 Å². The van der Waals surface area contributed by atoms with Crippen LogP contribution in [0.15, 0.2) is 0 Å². The van der Waals surface area contributed by atoms with Crippen LogP contribution in [-0.2, 0) is 19.1 Å². The van der Waals surface area contributed by atoms with E-state index in [0.29, 0.717) is 6.42 Å². The Morgan fingerprint density at radius 1 is 0.781 bits per heavy atom. The predicted octanol–water partition coefficient (Wildman–Crippen LogP) is 8.85. The molecule has 1 fully saturated rings. The summed E-state index contributed by atoms with van der Waals surface area (Å²) in [4.78, 5) is 23.1. The number of hydrogen-bond acceptors (Lipinski definition) is 4. The molecule has 0 aliphatic heterocycles. The molecule has 0 bridgehead atoms. The molecule has 32 heavy (non-hydrogen) atoms. The van der Waals surface area contributed by atoms with Gasteiger partial charge in [0.05, 0.1) is 17.4 Å². The number of ether oxygens (including phenoxy) is 2. The van der Waals surface area contributed by atoms with Crippen molar-refractivity contribution in [3.63, 3.8) is 0 Å². The molecular weight excluding hydrogens is 414 g/mol. The van der Waals surface area contributed by atoms with Crippen LogP contribution in [0.1, 0.15) is 130 Å². The van der Waals surface area contributed by atoms with E-state index in [-0.39, 0.29) is 53.8 Å². The van der Waals surface area contributed by atoms with E-state index >= 15 is 0 Å². The van der Waals surface area contributed by atoms with Gasteiger partial charge in [-0.2, -0.15) is 0 Å². The number of halogens is 2. The van der Waals surface area contributed by atoms with Crippen LogP contribution in [0.2, 0.25) is 0 Å². The Kier molecular flexibility index (Phi) is 23.4. The molecule has 0 aromatic carbocycles. The Labute approximate surface area is 199 Å². The fourth-order valence-electron chi connectivity index (χ4n) is 2.30. The molecule has 1 aliphatic carbocycles. The Bertz CT molecular complexity index is 477. The number of alkyl halides is 2. The van der Waals surface area contributed by atoms with Crippen molar-refractivity contribution in [2.24, 2.45) is 10.8 Å². The minimum Gasteiger partial charge on any atom is -0.465 e. The van der Waals surface area contributed by atoms with Crippen molar-refractivity contribution in [2.75, 3.05) is 6.61 Å². The number of hydrogen-bond donors (Lipinski definition) is 0. The van der Waals surface area contributed by atoms with Crippen molar-refractivity contribution in [1.82, 2.24) is 0 Å². The highest BCUT2D eigenvalue weighted by atomic mass is 19.3. The summed E-state index contributed by atoms with van der Waals surface area (Å²) in [6.07, 6.45) is 7.10. The van der Waals surface area contributed by atoms with E-state index < -0.39 is 23.7 Å². The Morgan fingerprint density at radius 3 is 1.56 bits per heavy atom. The van der Waals surface area contributed by atoms with Crippen LogP contribution >= 0.6 is 0 Å². The van der Waals surface area contributed by atoms with Gasteiger partial charge < -0.3 is 9.47 Å². The molecule has 0 radical (unpaired) electrons. The zero-order valence-corrected chi connectivity index (χ0v) is 18.8. The van der Waals surface area contributed by atoms with Crippen molar-refractivity contribution in [3.05, 3.63) is 0 Å². The first-order valence-electron chi connectivity index (χ1n) is 10.5. The second kappa shape index (κ2) is 18.3. The fourth-order valence-corrected chi connectivity index (χ4v) is 2.30. The molecule has 0 aromatic heterocycles. The van der Waals surface area contributed by atoms with Crippen molar-refractivity contribution in [3.8, 4) is 0 Å². The topological polar surface area (TPSA) is 52.6 Å². The number of esters is 2. The van der Waals surface area contributed by atoms with Crippen LogP contribution < -0.4 is 0 Å². The van der Waals surface area contributed by atoms with Gasteiger partial charge in [0, 0.05) is 6.42 Å². The average molecular weight is 471 g/mol. The summed E-state index contributed by atoms with van der Waals surface area (Å²) in [5, 5.41) is 0. The Balaban J connectivity index is -0.000000135. The summed E-state index contributed by atoms with van der Waals surface area (Å²) in [6, 6.07) is 0. The zero-order valence-electron chi connectivity index (χ0n) is 18.8. The summed E-state index contributed by atoms with van der Waals surface area (Å²) < 4.78 is 35.0. The molecule has 0 heterocycles. The van der Waals surface area contributed by atoms with E-state index in [1.165, 1.54) is 19.3 Å². The van der Waals surface area contributed by atoms with Gasteiger partial charge in [-0.25, -0.2) is 8.78 Å². The second-order valence-electron chi connectivity index (χ2n) is 9.10. The Morgan fingerprint density at radius 2 is 1.19 bits per heavy atom. The number of rotatable bonds is 8. The van der Waals surface area contributed by atoms with Crippen LogP contribution in [0.4, 0.5) is 8.78 Å². The van der Waals surface area contributed by atoms with Crippen molar-refractivity contribution in [1.29, 1.82) is 0 Å². The van der Waals surface area contributed by atoms with E-state index in [1.54, 1.807) is 13.8 Å². The fraction of sp³-hybridized carbons (Fsp3) is 0.923. The first kappa shape index (κ1) is 41.1. The SMILES string of the molecule is C.C.C.C.CCC(C)(C)C(=O)OC1CCCCC1.CCC(C)(C)C(=O)OCCC(C)(F)F. The largest absolute Gasteiger partial charge is 0.465 e. The second-order valence-corrected chi connectivity index (χ2v) is 9.10. The third-order valence-corrected chi connectivity index (χ3v) is 5.47. The monoisotopic (exact) mass is 470 g/mol. The van der Waals surface area contributed by atoms with E-state index in [1.807, 2.05) is 27.7 Å². The predicted molar refractivity (Wildman–Crippen MR) is 134 cm³/mol. The molecule has 198 valence electrons. The van der Waals surface area contributed by atoms with E-state index in [9.17, 15) is 18.4 Å². The van der Waals surface area contributed by atoms with Crippen molar-refractivity contribution < 1.29 is 27.8 Å². The third-order valence-electron chi connectivity index (χ3n) is 5.47. The van der Waals surface area contributed by atoms with Gasteiger partial charge in [0.15, 0.2) is 0 Å². The highest BCUT2D eigenvalue weighted by Crippen LogP contribution is 2.26. The lowest BCUT2D eigenvalue weighted by molar-refractivity contribution is -0.161. The molecule has 1 rings (SSSR count). The lowest BCUT2D eigenvalue weighted by Gasteiger charge is -2.27. The molecule has 0 spiro atoms. The smallest absolute Gasteiger partial charge is 0.311 e. The summed E-state index contributed by atoms with van der Waals surface area (Å²) >= 11 is 0. The molecule has 0 aromatic rings. The average Bonchev–Trinajstić information content (AvgIpc) is 2.61. The van der Waals surface area contributed by atoms with E-state index in [4.69, 9.17) is 9.47 Å². The molecule has 6 heteroatoms. The molecule has 4 nitrogen and oxygen atoms in total. The van der Waals surface area contributed by atoms with E-state index in [2.05, 4.69) is 0 Å². The summed E-state index contributed by atoms with van der Waals surface area (Å²) in [6.45, 7) is 11.9. The molecule has 0 unspecified atom stereocenters. The summed E-state index contributed by atoms with van der Waals surface area (Å²) in [5.74, 6) is -3.20. The van der Waals surface area contributed by atoms with Crippen molar-refractivity contribution >= 4 is 11.9 Å². The normalized spacial score (nSPS) is 14.0. The third kappa shape index (κ3) is 17.4. The van der Waals surface area contributed by atoms with Gasteiger partial charge in [0.2, 0.25) is 5.92 Å². The van der Waals surface area contributed by atoms with Gasteiger partial charge in [0.25, 0.3) is 0 Å². The molecule has 1 aliphatic rings. The lowest BCUT2D eigenvalue weighted by Crippen LogP contribution is -2.31. The quantitative estimate of drug-likeness (QED) is 0.332. The molecule has 0 atom stereocenters. The van der Waals surface area contributed by atoms with Gasteiger partial charge >= 0.3 is 11.9 Å². The lowest BCUT2D eigenvalue weighted by atomic mass is 9.90. The van der Waals surface area contributed by atoms with Gasteiger partial charge in [0.1, 0.15) is 6.10 Å². The maximum Gasteiger partial charge on any atom is 0.311 e. The van der Waals surface area contributed by atoms with E-state index in [0.717, 1.165) is 26.2 Å². The minimum absolute atomic E-state index is 0. The maximum atomic E-state index is 12.4. The first-order valence-corrected chi connectivity index (χ1v) is 10.5. The summed E-state index contributed by atoms with van der Waals surface area (Å²) in [7, 11) is 0. The Hall–Kier alpha value is -1.20. The van der Waals surface area contributed by atoms with Crippen LogP contribution in [0.5, 0.6) is 0 Å². The van der Waals surface area contributed by atoms with Gasteiger partial charge in [-0.15, -0.1) is 0 Å². The maximum absolute atomic E-state index is 12.4. The first-order chi connectivity index (χ1) is 12.7. The minimum atomic E-state index is -2.77. The molecule has 0 saturated heterocycles. The van der Waals surface area contributed by atoms with Crippen LogP contribution in [-0.4, -0.2) is 30.6 Å². The van der Waals surface area contributed by atoms with Gasteiger partial charge in [-0.1, -0.05) is 50.0 Å². The summed E-state index contributed by atoms with van der Waals surface area (Å²) in [5.41, 5.74) is -0.888.